The molecule has 0 heterocycles. The van der Waals surface area contributed by atoms with E-state index in [1.54, 1.807) is 12.1 Å². The molecule has 0 aliphatic carbocycles. The van der Waals surface area contributed by atoms with Crippen LogP contribution in [-0.4, -0.2) is 11.1 Å². The molecule has 0 aromatic heterocycles. The summed E-state index contributed by atoms with van der Waals surface area (Å²) in [5, 5.41) is 8.74. The third-order valence-corrected chi connectivity index (χ3v) is 3.74. The highest BCUT2D eigenvalue weighted by Crippen LogP contribution is 2.28. The van der Waals surface area contributed by atoms with Crippen LogP contribution in [0.3, 0.4) is 0 Å². The van der Waals surface area contributed by atoms with E-state index in [1.165, 1.54) is 23.9 Å². The second-order valence-electron chi connectivity index (χ2n) is 3.95. The number of nitrogens with two attached hydrogens (primary N) is 1. The van der Waals surface area contributed by atoms with E-state index in [9.17, 15) is 9.18 Å². The van der Waals surface area contributed by atoms with Gasteiger partial charge in [-0.1, -0.05) is 18.2 Å². The Morgan fingerprint density at radius 2 is 2.00 bits per heavy atom. The van der Waals surface area contributed by atoms with Crippen LogP contribution in [0.4, 0.5) is 10.1 Å². The molecule has 19 heavy (non-hydrogen) atoms. The molecule has 0 aliphatic heterocycles. The Bertz CT molecular complexity index is 616. The first-order valence-electron chi connectivity index (χ1n) is 5.57. The van der Waals surface area contributed by atoms with Gasteiger partial charge in [0.1, 0.15) is 5.82 Å². The van der Waals surface area contributed by atoms with Crippen LogP contribution in [0.15, 0.2) is 47.4 Å². The van der Waals surface area contributed by atoms with Crippen molar-refractivity contribution in [3.63, 3.8) is 0 Å². The molecule has 0 spiro atoms. The Hall–Kier alpha value is -2.01. The highest BCUT2D eigenvalue weighted by atomic mass is 32.2. The van der Waals surface area contributed by atoms with Crippen molar-refractivity contribution in [1.82, 2.24) is 0 Å². The molecule has 2 aromatic rings. The first kappa shape index (κ1) is 13.4. The van der Waals surface area contributed by atoms with E-state index in [1.807, 2.05) is 18.2 Å². The van der Waals surface area contributed by atoms with Gasteiger partial charge in [-0.15, -0.1) is 11.8 Å². The summed E-state index contributed by atoms with van der Waals surface area (Å²) >= 11 is 1.48. The minimum atomic E-state index is -1.26. The molecule has 0 unspecified atom stereocenters. The lowest BCUT2D eigenvalue weighted by molar-refractivity contribution is 0.0692. The van der Waals surface area contributed by atoms with E-state index >= 15 is 0 Å². The molecular weight excluding hydrogens is 265 g/mol. The van der Waals surface area contributed by atoms with E-state index in [4.69, 9.17) is 10.8 Å². The van der Waals surface area contributed by atoms with Gasteiger partial charge in [-0.2, -0.15) is 0 Å². The highest BCUT2D eigenvalue weighted by molar-refractivity contribution is 7.98. The minimum Gasteiger partial charge on any atom is -0.478 e. The molecule has 0 radical (unpaired) electrons. The number of hydrogen-bond acceptors (Lipinski definition) is 3. The summed E-state index contributed by atoms with van der Waals surface area (Å²) in [6, 6.07) is 11.6. The molecule has 0 atom stereocenters. The first-order chi connectivity index (χ1) is 9.08. The van der Waals surface area contributed by atoms with Gasteiger partial charge in [0.25, 0.3) is 0 Å². The molecule has 2 aromatic carbocycles. The van der Waals surface area contributed by atoms with Crippen molar-refractivity contribution >= 4 is 23.4 Å². The fourth-order valence-electron chi connectivity index (χ4n) is 1.59. The Balaban J connectivity index is 2.11. The molecule has 0 amide bonds. The zero-order valence-corrected chi connectivity index (χ0v) is 10.8. The van der Waals surface area contributed by atoms with Crippen LogP contribution >= 0.6 is 11.8 Å². The second kappa shape index (κ2) is 5.75. The topological polar surface area (TPSA) is 63.3 Å². The van der Waals surface area contributed by atoms with Gasteiger partial charge in [0, 0.05) is 16.3 Å². The van der Waals surface area contributed by atoms with E-state index in [0.717, 1.165) is 10.5 Å². The lowest BCUT2D eigenvalue weighted by Gasteiger charge is -2.06. The van der Waals surface area contributed by atoms with Crippen molar-refractivity contribution in [2.45, 2.75) is 10.6 Å². The van der Waals surface area contributed by atoms with Crippen LogP contribution < -0.4 is 5.73 Å². The number of carboxylic acid groups (broad SMARTS) is 1. The van der Waals surface area contributed by atoms with Gasteiger partial charge in [-0.05, 0) is 29.8 Å². The van der Waals surface area contributed by atoms with Gasteiger partial charge >= 0.3 is 5.97 Å². The molecule has 3 nitrogen and oxygen atoms in total. The minimum absolute atomic E-state index is 0.312. The van der Waals surface area contributed by atoms with Crippen LogP contribution in [0.25, 0.3) is 0 Å². The second-order valence-corrected chi connectivity index (χ2v) is 4.96. The zero-order valence-electron chi connectivity index (χ0n) is 9.97. The van der Waals surface area contributed by atoms with E-state index in [0.29, 0.717) is 11.4 Å². The number of para-hydroxylation sites is 1. The molecular formula is C14H12FNO2S. The largest absolute Gasteiger partial charge is 0.478 e. The average Bonchev–Trinajstić information content (AvgIpc) is 2.37. The Morgan fingerprint density at radius 1 is 1.26 bits per heavy atom. The number of nitrogen functional groups attached to an aromatic ring is 1. The molecule has 3 N–H and O–H groups in total. The van der Waals surface area contributed by atoms with Crippen molar-refractivity contribution in [3.05, 3.63) is 59.4 Å². The van der Waals surface area contributed by atoms with Gasteiger partial charge in [-0.3, -0.25) is 0 Å². The predicted octanol–water partition coefficient (Wildman–Crippen LogP) is 3.40. The van der Waals surface area contributed by atoms with Crippen LogP contribution in [0, 0.1) is 5.82 Å². The smallest absolute Gasteiger partial charge is 0.338 e. The number of hydrogen-bond donors (Lipinski definition) is 2. The molecule has 5 heteroatoms. The summed E-state index contributed by atoms with van der Waals surface area (Å²) in [7, 11) is 0. The van der Waals surface area contributed by atoms with Crippen LogP contribution in [-0.2, 0) is 5.75 Å². The number of thioether (sulfide) groups is 1. The standard InChI is InChI=1S/C14H12FNO2S/c15-11-7-9(5-6-10(11)14(17)18)8-19-13-4-2-1-3-12(13)16/h1-7H,8,16H2,(H,17,18). The summed E-state index contributed by atoms with van der Waals surface area (Å²) in [4.78, 5) is 11.6. The number of carbonyl (C=O) groups is 1. The van der Waals surface area contributed by atoms with E-state index in [2.05, 4.69) is 0 Å². The summed E-state index contributed by atoms with van der Waals surface area (Å²) < 4.78 is 13.5. The van der Waals surface area contributed by atoms with Crippen LogP contribution in [0.2, 0.25) is 0 Å². The zero-order chi connectivity index (χ0) is 13.8. The lowest BCUT2D eigenvalue weighted by atomic mass is 10.1. The quantitative estimate of drug-likeness (QED) is 0.664. The van der Waals surface area contributed by atoms with E-state index < -0.39 is 11.8 Å². The average molecular weight is 277 g/mol. The molecule has 2 rings (SSSR count). The van der Waals surface area contributed by atoms with E-state index in [-0.39, 0.29) is 5.56 Å². The van der Waals surface area contributed by atoms with Crippen molar-refractivity contribution in [2.24, 2.45) is 0 Å². The predicted molar refractivity (Wildman–Crippen MR) is 73.8 cm³/mol. The third-order valence-electron chi connectivity index (χ3n) is 2.58. The molecule has 0 saturated carbocycles. The van der Waals surface area contributed by atoms with Crippen molar-refractivity contribution < 1.29 is 14.3 Å². The summed E-state index contributed by atoms with van der Waals surface area (Å²) in [5.41, 5.74) is 6.89. The maximum atomic E-state index is 13.5. The molecule has 0 fully saturated rings. The molecule has 0 aliphatic rings. The Kier molecular flexibility index (Phi) is 4.06. The fraction of sp³-hybridized carbons (Fsp3) is 0.0714. The van der Waals surface area contributed by atoms with Crippen molar-refractivity contribution in [2.75, 3.05) is 5.73 Å². The maximum absolute atomic E-state index is 13.5. The Morgan fingerprint density at radius 3 is 2.63 bits per heavy atom. The van der Waals surface area contributed by atoms with Gasteiger partial charge in [0.05, 0.1) is 5.56 Å². The van der Waals surface area contributed by atoms with Crippen LogP contribution in [0.5, 0.6) is 0 Å². The number of carboxylic acids is 1. The summed E-state index contributed by atoms with van der Waals surface area (Å²) in [6.45, 7) is 0. The summed E-state index contributed by atoms with van der Waals surface area (Å²) in [6.07, 6.45) is 0. The first-order valence-corrected chi connectivity index (χ1v) is 6.55. The van der Waals surface area contributed by atoms with Gasteiger partial charge in [-0.25, -0.2) is 9.18 Å². The molecule has 0 bridgehead atoms. The molecule has 0 saturated heterocycles. The number of halogens is 1. The van der Waals surface area contributed by atoms with Crippen molar-refractivity contribution in [3.8, 4) is 0 Å². The van der Waals surface area contributed by atoms with Crippen molar-refractivity contribution in [1.29, 1.82) is 0 Å². The monoisotopic (exact) mass is 277 g/mol. The summed E-state index contributed by atoms with van der Waals surface area (Å²) in [5.74, 6) is -1.44. The Labute approximate surface area is 114 Å². The third kappa shape index (κ3) is 3.26. The highest BCUT2D eigenvalue weighted by Gasteiger charge is 2.10. The molecule has 98 valence electrons. The number of aromatic carboxylic acids is 1. The number of rotatable bonds is 4. The van der Waals surface area contributed by atoms with Gasteiger partial charge < -0.3 is 10.8 Å². The number of benzene rings is 2. The number of anilines is 1. The fourth-order valence-corrected chi connectivity index (χ4v) is 2.51. The normalized spacial score (nSPS) is 10.4. The van der Waals surface area contributed by atoms with Crippen LogP contribution in [0.1, 0.15) is 15.9 Å². The van der Waals surface area contributed by atoms with Gasteiger partial charge in [0.2, 0.25) is 0 Å². The lowest BCUT2D eigenvalue weighted by Crippen LogP contribution is -2.00. The maximum Gasteiger partial charge on any atom is 0.338 e. The SMILES string of the molecule is Nc1ccccc1SCc1ccc(C(=O)O)c(F)c1. The van der Waals surface area contributed by atoms with Gasteiger partial charge in [0.15, 0.2) is 0 Å².